The van der Waals surface area contributed by atoms with Crippen molar-refractivity contribution >= 4 is 23.6 Å². The Hall–Kier alpha value is -1.81. The van der Waals surface area contributed by atoms with E-state index < -0.39 is 12.1 Å². The Morgan fingerprint density at radius 3 is 2.59 bits per heavy atom. The lowest BCUT2D eigenvalue weighted by atomic mass is 9.92. The first-order valence-corrected chi connectivity index (χ1v) is 10.3. The van der Waals surface area contributed by atoms with Gasteiger partial charge < -0.3 is 14.7 Å². The zero-order chi connectivity index (χ0) is 21.2. The maximum Gasteiger partial charge on any atom is 0.490 e. The Morgan fingerprint density at radius 2 is 2.07 bits per heavy atom. The number of hydrogen-bond acceptors (Lipinski definition) is 5. The molecule has 2 aliphatic heterocycles. The summed E-state index contributed by atoms with van der Waals surface area (Å²) in [7, 11) is 0. The molecule has 1 amide bonds. The SMILES string of the molecule is CC1CC1C(=O)N1CC2(CC(OCc3cccnc3)CS2)C1.O=C(O)C(F)(F)F. The van der Waals surface area contributed by atoms with Crippen molar-refractivity contribution in [3.63, 3.8) is 0 Å². The molecule has 0 radical (unpaired) electrons. The fourth-order valence-electron chi connectivity index (χ4n) is 3.53. The number of likely N-dealkylation sites (tertiary alicyclic amines) is 1. The van der Waals surface area contributed by atoms with E-state index in [1.165, 1.54) is 0 Å². The van der Waals surface area contributed by atoms with E-state index in [2.05, 4.69) is 16.8 Å². The lowest BCUT2D eigenvalue weighted by molar-refractivity contribution is -0.192. The largest absolute Gasteiger partial charge is 0.490 e. The van der Waals surface area contributed by atoms with Gasteiger partial charge in [0.2, 0.25) is 5.91 Å². The number of alkyl halides is 3. The molecule has 2 saturated heterocycles. The summed E-state index contributed by atoms with van der Waals surface area (Å²) in [5, 5.41) is 7.12. The number of thioether (sulfide) groups is 1. The molecule has 0 bridgehead atoms. The molecule has 3 heterocycles. The number of carboxylic acid groups (broad SMARTS) is 1. The zero-order valence-electron chi connectivity index (χ0n) is 15.9. The Bertz CT molecular complexity index is 741. The van der Waals surface area contributed by atoms with Crippen LogP contribution >= 0.6 is 11.8 Å². The number of pyridine rings is 1. The van der Waals surface area contributed by atoms with Crippen molar-refractivity contribution in [2.45, 2.75) is 43.4 Å². The second kappa shape index (κ2) is 8.51. The van der Waals surface area contributed by atoms with Gasteiger partial charge in [0.1, 0.15) is 0 Å². The zero-order valence-corrected chi connectivity index (χ0v) is 16.7. The monoisotopic (exact) mass is 432 g/mol. The molecule has 10 heteroatoms. The maximum absolute atomic E-state index is 12.2. The van der Waals surface area contributed by atoms with Crippen LogP contribution in [0.5, 0.6) is 0 Å². The first-order chi connectivity index (χ1) is 13.6. The van der Waals surface area contributed by atoms with Crippen molar-refractivity contribution in [2.24, 2.45) is 11.8 Å². The summed E-state index contributed by atoms with van der Waals surface area (Å²) in [6, 6.07) is 3.99. The number of carbonyl (C=O) groups is 2. The van der Waals surface area contributed by atoms with Crippen LogP contribution in [-0.2, 0) is 20.9 Å². The quantitative estimate of drug-likeness (QED) is 0.788. The molecule has 0 aromatic carbocycles. The standard InChI is InChI=1S/C17H22N2O2S.C2HF3O2/c1-12-5-15(12)16(20)19-10-17(11-19)6-14(9-22-17)21-8-13-3-2-4-18-7-13;3-2(4,5)1(6)7/h2-4,7,12,14-15H,5-6,8-11H2,1H3;(H,6,7). The van der Waals surface area contributed by atoms with Crippen LogP contribution < -0.4 is 0 Å². The summed E-state index contributed by atoms with van der Waals surface area (Å²) in [5.41, 5.74) is 1.13. The van der Waals surface area contributed by atoms with E-state index in [9.17, 15) is 18.0 Å². The Labute approximate surface area is 170 Å². The molecule has 1 saturated carbocycles. The van der Waals surface area contributed by atoms with Crippen LogP contribution in [-0.4, -0.2) is 62.7 Å². The third kappa shape index (κ3) is 5.63. The van der Waals surface area contributed by atoms with Crippen LogP contribution in [0.1, 0.15) is 25.3 Å². The van der Waals surface area contributed by atoms with Gasteiger partial charge in [-0.2, -0.15) is 13.2 Å². The predicted molar refractivity (Wildman–Crippen MR) is 100 cm³/mol. The normalized spacial score (nSPS) is 27.0. The van der Waals surface area contributed by atoms with Gasteiger partial charge in [0.15, 0.2) is 0 Å². The van der Waals surface area contributed by atoms with Gasteiger partial charge in [0, 0.05) is 37.2 Å². The van der Waals surface area contributed by atoms with E-state index >= 15 is 0 Å². The Kier molecular flexibility index (Phi) is 6.42. The average Bonchev–Trinajstić information content (AvgIpc) is 3.21. The minimum Gasteiger partial charge on any atom is -0.475 e. The van der Waals surface area contributed by atoms with Crippen LogP contribution in [0.4, 0.5) is 13.2 Å². The molecular weight excluding hydrogens is 409 g/mol. The van der Waals surface area contributed by atoms with Crippen molar-refractivity contribution in [3.05, 3.63) is 30.1 Å². The van der Waals surface area contributed by atoms with Crippen molar-refractivity contribution in [3.8, 4) is 0 Å². The fraction of sp³-hybridized carbons (Fsp3) is 0.632. The number of halogens is 3. The molecule has 4 rings (SSSR count). The molecular formula is C19H23F3N2O4S. The van der Waals surface area contributed by atoms with Crippen molar-refractivity contribution < 1.29 is 32.6 Å². The van der Waals surface area contributed by atoms with E-state index in [0.29, 0.717) is 30.5 Å². The summed E-state index contributed by atoms with van der Waals surface area (Å²) >= 11 is 1.99. The fourth-order valence-corrected chi connectivity index (χ4v) is 5.08. The van der Waals surface area contributed by atoms with Gasteiger partial charge in [-0.1, -0.05) is 13.0 Å². The minimum absolute atomic E-state index is 0.271. The smallest absolute Gasteiger partial charge is 0.475 e. The summed E-state index contributed by atoms with van der Waals surface area (Å²) < 4.78 is 38.0. The third-order valence-electron chi connectivity index (χ3n) is 5.32. The molecule has 1 aromatic heterocycles. The van der Waals surface area contributed by atoms with E-state index in [1.807, 2.05) is 30.1 Å². The predicted octanol–water partition coefficient (Wildman–Crippen LogP) is 2.97. The topological polar surface area (TPSA) is 79.7 Å². The molecule has 1 N–H and O–H groups in total. The molecule has 6 nitrogen and oxygen atoms in total. The van der Waals surface area contributed by atoms with E-state index in [4.69, 9.17) is 14.6 Å². The third-order valence-corrected chi connectivity index (χ3v) is 6.90. The van der Waals surface area contributed by atoms with Crippen LogP contribution in [0.15, 0.2) is 24.5 Å². The van der Waals surface area contributed by atoms with Crippen LogP contribution in [0.25, 0.3) is 0 Å². The summed E-state index contributed by atoms with van der Waals surface area (Å²) in [5.74, 6) is -0.398. The highest BCUT2D eigenvalue weighted by atomic mass is 32.2. The molecule has 3 unspecified atom stereocenters. The average molecular weight is 432 g/mol. The van der Waals surface area contributed by atoms with Gasteiger partial charge in [-0.25, -0.2) is 4.79 Å². The maximum atomic E-state index is 12.2. The van der Waals surface area contributed by atoms with Crippen molar-refractivity contribution in [2.75, 3.05) is 18.8 Å². The second-order valence-electron chi connectivity index (χ2n) is 7.81. The van der Waals surface area contributed by atoms with Gasteiger partial charge in [0.25, 0.3) is 0 Å². The lowest BCUT2D eigenvalue weighted by Crippen LogP contribution is -2.61. The van der Waals surface area contributed by atoms with E-state index in [1.54, 1.807) is 6.20 Å². The molecule has 1 spiro atoms. The van der Waals surface area contributed by atoms with E-state index in [-0.39, 0.29) is 4.75 Å². The summed E-state index contributed by atoms with van der Waals surface area (Å²) in [6.07, 6.45) is 1.03. The molecule has 3 fully saturated rings. The van der Waals surface area contributed by atoms with Gasteiger partial charge >= 0.3 is 12.1 Å². The van der Waals surface area contributed by atoms with Crippen LogP contribution in [0, 0.1) is 11.8 Å². The summed E-state index contributed by atoms with van der Waals surface area (Å²) in [4.78, 5) is 27.3. The van der Waals surface area contributed by atoms with Crippen LogP contribution in [0.3, 0.4) is 0 Å². The molecule has 160 valence electrons. The minimum atomic E-state index is -5.08. The highest BCUT2D eigenvalue weighted by Gasteiger charge is 2.53. The van der Waals surface area contributed by atoms with Gasteiger partial charge in [-0.3, -0.25) is 9.78 Å². The number of aromatic nitrogens is 1. The Balaban J connectivity index is 0.000000298. The number of aliphatic carboxylic acids is 1. The highest BCUT2D eigenvalue weighted by Crippen LogP contribution is 2.48. The number of rotatable bonds is 4. The number of ether oxygens (including phenoxy) is 1. The number of hydrogen-bond donors (Lipinski definition) is 1. The summed E-state index contributed by atoms with van der Waals surface area (Å²) in [6.45, 7) is 4.65. The molecule has 3 atom stereocenters. The van der Waals surface area contributed by atoms with Crippen molar-refractivity contribution in [1.29, 1.82) is 0 Å². The van der Waals surface area contributed by atoms with E-state index in [0.717, 1.165) is 37.2 Å². The molecule has 3 aliphatic rings. The van der Waals surface area contributed by atoms with Crippen LogP contribution in [0.2, 0.25) is 0 Å². The first-order valence-electron chi connectivity index (χ1n) is 9.33. The number of nitrogens with zero attached hydrogens (tertiary/aromatic N) is 2. The first kappa shape index (κ1) is 21.9. The van der Waals surface area contributed by atoms with Crippen molar-refractivity contribution in [1.82, 2.24) is 9.88 Å². The number of carboxylic acids is 1. The van der Waals surface area contributed by atoms with Gasteiger partial charge in [-0.05, 0) is 30.4 Å². The Morgan fingerprint density at radius 1 is 1.41 bits per heavy atom. The van der Waals surface area contributed by atoms with Gasteiger partial charge in [0.05, 0.1) is 17.5 Å². The lowest BCUT2D eigenvalue weighted by Gasteiger charge is -2.47. The second-order valence-corrected chi connectivity index (χ2v) is 9.30. The molecule has 1 aliphatic carbocycles. The molecule has 29 heavy (non-hydrogen) atoms. The molecule has 1 aromatic rings. The highest BCUT2D eigenvalue weighted by molar-refractivity contribution is 8.01. The van der Waals surface area contributed by atoms with Gasteiger partial charge in [-0.15, -0.1) is 11.8 Å². The number of amides is 1. The number of carbonyl (C=O) groups excluding carboxylic acids is 1.